The molecule has 6 heteroatoms. The molecule has 3 aromatic rings. The first-order chi connectivity index (χ1) is 18.1. The minimum absolute atomic E-state index is 0.226. The van der Waals surface area contributed by atoms with Gasteiger partial charge in [-0.05, 0) is 73.4 Å². The molecular weight excluding hydrogens is 468 g/mol. The lowest BCUT2D eigenvalue weighted by atomic mass is 9.90. The van der Waals surface area contributed by atoms with Gasteiger partial charge in [-0.25, -0.2) is 4.79 Å². The Balaban J connectivity index is 1.08. The lowest BCUT2D eigenvalue weighted by Gasteiger charge is -2.37. The molecule has 0 aliphatic carbocycles. The first kappa shape index (κ1) is 26.7. The van der Waals surface area contributed by atoms with E-state index in [-0.39, 0.29) is 5.41 Å². The van der Waals surface area contributed by atoms with Gasteiger partial charge in [0.05, 0.1) is 32.0 Å². The van der Waals surface area contributed by atoms with E-state index in [9.17, 15) is 4.79 Å². The summed E-state index contributed by atoms with van der Waals surface area (Å²) >= 11 is 0. The van der Waals surface area contributed by atoms with E-state index in [1.165, 1.54) is 0 Å². The lowest BCUT2D eigenvalue weighted by molar-refractivity contribution is -0.137. The van der Waals surface area contributed by atoms with Gasteiger partial charge in [0.1, 0.15) is 23.9 Å². The van der Waals surface area contributed by atoms with Gasteiger partial charge in [-0.2, -0.15) is 0 Å². The summed E-state index contributed by atoms with van der Waals surface area (Å²) in [7, 11) is 0. The quantitative estimate of drug-likeness (QED) is 0.134. The number of rotatable bonds is 15. The Bertz CT molecular complexity index is 1070. The molecule has 196 valence electrons. The van der Waals surface area contributed by atoms with E-state index < -0.39 is 5.97 Å². The van der Waals surface area contributed by atoms with E-state index >= 15 is 0 Å². The Morgan fingerprint density at radius 2 is 1.38 bits per heavy atom. The van der Waals surface area contributed by atoms with Gasteiger partial charge in [-0.15, -0.1) is 0 Å². The van der Waals surface area contributed by atoms with Crippen LogP contribution in [0.4, 0.5) is 0 Å². The molecule has 0 saturated carbocycles. The van der Waals surface area contributed by atoms with Crippen molar-refractivity contribution in [1.82, 2.24) is 0 Å². The van der Waals surface area contributed by atoms with Crippen LogP contribution in [0.1, 0.15) is 48.5 Å². The second-order valence-electron chi connectivity index (χ2n) is 9.78. The van der Waals surface area contributed by atoms with E-state index in [2.05, 4.69) is 6.92 Å². The molecule has 0 bridgehead atoms. The largest absolute Gasteiger partial charge is 0.494 e. The van der Waals surface area contributed by atoms with Crippen molar-refractivity contribution in [2.45, 2.75) is 39.2 Å². The second-order valence-corrected chi connectivity index (χ2v) is 9.78. The Morgan fingerprint density at radius 1 is 0.757 bits per heavy atom. The maximum atomic E-state index is 12.5. The van der Waals surface area contributed by atoms with Gasteiger partial charge in [0.25, 0.3) is 0 Å². The van der Waals surface area contributed by atoms with Crippen molar-refractivity contribution >= 4 is 5.97 Å². The van der Waals surface area contributed by atoms with Gasteiger partial charge in [0, 0.05) is 12.0 Å². The third-order valence-electron chi connectivity index (χ3n) is 6.18. The molecule has 0 N–H and O–H groups in total. The summed E-state index contributed by atoms with van der Waals surface area (Å²) < 4.78 is 28.1. The fraction of sp³-hybridized carbons (Fsp3) is 0.387. The highest BCUT2D eigenvalue weighted by atomic mass is 16.5. The Hall–Kier alpha value is -3.35. The number of hydrogen-bond donors (Lipinski definition) is 0. The van der Waals surface area contributed by atoms with Crippen LogP contribution in [0.2, 0.25) is 0 Å². The predicted molar refractivity (Wildman–Crippen MR) is 142 cm³/mol. The molecule has 1 saturated heterocycles. The van der Waals surface area contributed by atoms with E-state index in [0.29, 0.717) is 30.3 Å². The smallest absolute Gasteiger partial charge is 0.343 e. The van der Waals surface area contributed by atoms with Crippen LogP contribution in [0.15, 0.2) is 78.9 Å². The van der Waals surface area contributed by atoms with Gasteiger partial charge in [-0.3, -0.25) is 0 Å². The van der Waals surface area contributed by atoms with Crippen LogP contribution >= 0.6 is 0 Å². The van der Waals surface area contributed by atoms with Crippen molar-refractivity contribution < 1.29 is 28.5 Å². The summed E-state index contributed by atoms with van der Waals surface area (Å²) in [6, 6.07) is 24.0. The predicted octanol–water partition coefficient (Wildman–Crippen LogP) is 6.48. The molecule has 0 amide bonds. The number of benzene rings is 3. The molecule has 6 nitrogen and oxygen atoms in total. The van der Waals surface area contributed by atoms with Crippen LogP contribution in [-0.2, 0) is 16.1 Å². The average Bonchev–Trinajstić information content (AvgIpc) is 2.91. The lowest BCUT2D eigenvalue weighted by Crippen LogP contribution is -2.43. The molecule has 3 aromatic carbocycles. The maximum absolute atomic E-state index is 12.5. The fourth-order valence-electron chi connectivity index (χ4n) is 3.90. The normalized spacial score (nSPS) is 14.0. The van der Waals surface area contributed by atoms with Crippen molar-refractivity contribution in [3.05, 3.63) is 90.0 Å². The zero-order valence-electron chi connectivity index (χ0n) is 21.5. The SMILES string of the molecule is CC1(COCCCCCCOc2ccc(C(=O)Oc3ccc(OCc4ccccc4)cc3)cc2)COC1. The van der Waals surface area contributed by atoms with Crippen LogP contribution in [-0.4, -0.2) is 39.0 Å². The fourth-order valence-corrected chi connectivity index (χ4v) is 3.90. The van der Waals surface area contributed by atoms with Crippen molar-refractivity contribution in [3.63, 3.8) is 0 Å². The number of unbranched alkanes of at least 4 members (excludes halogenated alkanes) is 3. The highest BCUT2D eigenvalue weighted by Crippen LogP contribution is 2.26. The molecule has 0 radical (unpaired) electrons. The summed E-state index contributed by atoms with van der Waals surface area (Å²) in [6.07, 6.45) is 4.28. The minimum Gasteiger partial charge on any atom is -0.494 e. The highest BCUT2D eigenvalue weighted by Gasteiger charge is 2.33. The monoisotopic (exact) mass is 504 g/mol. The number of carbonyl (C=O) groups is 1. The Kier molecular flexibility index (Phi) is 9.97. The third kappa shape index (κ3) is 8.92. The van der Waals surface area contributed by atoms with Crippen LogP contribution in [0.5, 0.6) is 17.2 Å². The maximum Gasteiger partial charge on any atom is 0.343 e. The van der Waals surface area contributed by atoms with Crippen LogP contribution in [0.25, 0.3) is 0 Å². The molecule has 1 aliphatic rings. The summed E-state index contributed by atoms with van der Waals surface area (Å²) in [6.45, 7) is 6.55. The summed E-state index contributed by atoms with van der Waals surface area (Å²) in [5, 5.41) is 0. The summed E-state index contributed by atoms with van der Waals surface area (Å²) in [5.74, 6) is 1.52. The third-order valence-corrected chi connectivity index (χ3v) is 6.18. The van der Waals surface area contributed by atoms with Crippen LogP contribution < -0.4 is 14.2 Å². The molecular formula is C31H36O6. The molecule has 0 spiro atoms. The van der Waals surface area contributed by atoms with Crippen molar-refractivity contribution in [2.24, 2.45) is 5.41 Å². The molecule has 4 rings (SSSR count). The zero-order valence-corrected chi connectivity index (χ0v) is 21.5. The number of esters is 1. The molecule has 1 fully saturated rings. The number of carbonyl (C=O) groups excluding carboxylic acids is 1. The molecule has 0 atom stereocenters. The molecule has 0 aromatic heterocycles. The second kappa shape index (κ2) is 13.8. The van der Waals surface area contributed by atoms with Crippen molar-refractivity contribution in [1.29, 1.82) is 0 Å². The molecule has 0 unspecified atom stereocenters. The van der Waals surface area contributed by atoms with E-state index in [1.54, 1.807) is 48.5 Å². The van der Waals surface area contributed by atoms with E-state index in [4.69, 9.17) is 23.7 Å². The first-order valence-corrected chi connectivity index (χ1v) is 13.0. The van der Waals surface area contributed by atoms with Crippen molar-refractivity contribution in [2.75, 3.05) is 33.0 Å². The van der Waals surface area contributed by atoms with Crippen molar-refractivity contribution in [3.8, 4) is 17.2 Å². The molecule has 1 heterocycles. The number of hydrogen-bond acceptors (Lipinski definition) is 6. The van der Waals surface area contributed by atoms with Gasteiger partial charge in [0.2, 0.25) is 0 Å². The highest BCUT2D eigenvalue weighted by molar-refractivity contribution is 5.91. The Labute approximate surface area is 219 Å². The van der Waals surface area contributed by atoms with Crippen LogP contribution in [0.3, 0.4) is 0 Å². The van der Waals surface area contributed by atoms with Gasteiger partial charge in [0.15, 0.2) is 0 Å². The average molecular weight is 505 g/mol. The van der Waals surface area contributed by atoms with Gasteiger partial charge >= 0.3 is 5.97 Å². The first-order valence-electron chi connectivity index (χ1n) is 13.0. The van der Waals surface area contributed by atoms with Crippen LogP contribution in [0, 0.1) is 5.41 Å². The number of ether oxygens (including phenoxy) is 5. The zero-order chi connectivity index (χ0) is 25.8. The van der Waals surface area contributed by atoms with E-state index in [1.807, 2.05) is 30.3 Å². The standard InChI is InChI=1S/C31H36O6/c1-31(23-34-24-31)22-33-19-7-2-3-8-20-35-27-13-11-26(12-14-27)30(32)37-29-17-15-28(16-18-29)36-21-25-9-5-4-6-10-25/h4-6,9-18H,2-3,7-8,19-24H2,1H3. The molecule has 37 heavy (non-hydrogen) atoms. The summed E-state index contributed by atoms with van der Waals surface area (Å²) in [4.78, 5) is 12.5. The van der Waals surface area contributed by atoms with E-state index in [0.717, 1.165) is 63.4 Å². The minimum atomic E-state index is -0.412. The van der Waals surface area contributed by atoms with Gasteiger partial charge in [-0.1, -0.05) is 43.7 Å². The summed E-state index contributed by atoms with van der Waals surface area (Å²) in [5.41, 5.74) is 1.79. The topological polar surface area (TPSA) is 63.2 Å². The van der Waals surface area contributed by atoms with Gasteiger partial charge < -0.3 is 23.7 Å². The Morgan fingerprint density at radius 3 is 2.05 bits per heavy atom. The molecule has 1 aliphatic heterocycles.